The van der Waals surface area contributed by atoms with Gasteiger partial charge in [-0.25, -0.2) is 0 Å². The minimum absolute atomic E-state index is 0.00677. The number of amides is 1. The van der Waals surface area contributed by atoms with Gasteiger partial charge >= 0.3 is 0 Å². The molecule has 8 heteroatoms. The fourth-order valence-corrected chi connectivity index (χ4v) is 6.53. The summed E-state index contributed by atoms with van der Waals surface area (Å²) >= 11 is 8.79. The number of halogens is 2. The molecule has 2 aliphatic heterocycles. The number of hydrogen-bond donors (Lipinski definition) is 2. The van der Waals surface area contributed by atoms with Crippen LogP contribution >= 0.6 is 43.2 Å². The topological polar surface area (TPSA) is 53.6 Å². The average Bonchev–Trinajstić information content (AvgIpc) is 2.99. The molecule has 4 rings (SSSR count). The number of carbonyl (C=O) groups excluding carboxylic acids is 1. The molecular formula is C19H21Br2N3O2S. The molecule has 144 valence electrons. The van der Waals surface area contributed by atoms with E-state index in [1.807, 2.05) is 12.1 Å². The van der Waals surface area contributed by atoms with Gasteiger partial charge in [0.25, 0.3) is 5.91 Å². The smallest absolute Gasteiger partial charge is 0.256 e. The van der Waals surface area contributed by atoms with E-state index in [1.165, 1.54) is 10.4 Å². The second-order valence-corrected chi connectivity index (χ2v) is 9.90. The number of hydrogen-bond acceptors (Lipinski definition) is 5. The number of rotatable bonds is 3. The summed E-state index contributed by atoms with van der Waals surface area (Å²) in [5, 5.41) is 7.61. The molecule has 2 aromatic rings. The van der Waals surface area contributed by atoms with Crippen molar-refractivity contribution in [1.29, 1.82) is 0 Å². The number of anilines is 1. The zero-order chi connectivity index (χ0) is 19.3. The molecule has 0 unspecified atom stereocenters. The van der Waals surface area contributed by atoms with Gasteiger partial charge in [-0.3, -0.25) is 9.69 Å². The molecule has 1 atom stereocenters. The Morgan fingerprint density at radius 1 is 1.26 bits per heavy atom. The van der Waals surface area contributed by atoms with Crippen molar-refractivity contribution in [3.8, 4) is 5.75 Å². The van der Waals surface area contributed by atoms with Gasteiger partial charge in [-0.15, -0.1) is 11.3 Å². The van der Waals surface area contributed by atoms with Gasteiger partial charge in [0.1, 0.15) is 16.9 Å². The van der Waals surface area contributed by atoms with Crippen LogP contribution in [0.1, 0.15) is 46.4 Å². The predicted octanol–water partition coefficient (Wildman–Crippen LogP) is 4.90. The first-order valence-corrected chi connectivity index (χ1v) is 11.3. The van der Waals surface area contributed by atoms with E-state index >= 15 is 0 Å². The summed E-state index contributed by atoms with van der Waals surface area (Å²) in [6, 6.07) is 4.46. The SMILES string of the molecule is COc1c(Br)cc([C@@H]2NC(=O)c3c(sc4c3CCN(C(C)C)C4)N2)cc1Br. The first-order chi connectivity index (χ1) is 12.9. The maximum Gasteiger partial charge on any atom is 0.256 e. The van der Waals surface area contributed by atoms with Crippen LogP contribution in [0.25, 0.3) is 0 Å². The van der Waals surface area contributed by atoms with Gasteiger partial charge in [0.15, 0.2) is 0 Å². The van der Waals surface area contributed by atoms with Crippen molar-refractivity contribution >= 4 is 54.1 Å². The molecule has 0 radical (unpaired) electrons. The lowest BCUT2D eigenvalue weighted by Gasteiger charge is -2.31. The highest BCUT2D eigenvalue weighted by Crippen LogP contribution is 2.42. The lowest BCUT2D eigenvalue weighted by Crippen LogP contribution is -2.39. The first-order valence-electron chi connectivity index (χ1n) is 8.88. The third-order valence-electron chi connectivity index (χ3n) is 5.15. The van der Waals surface area contributed by atoms with Crippen molar-refractivity contribution in [1.82, 2.24) is 10.2 Å². The van der Waals surface area contributed by atoms with E-state index in [2.05, 4.69) is 61.2 Å². The summed E-state index contributed by atoms with van der Waals surface area (Å²) in [5.74, 6) is 0.745. The van der Waals surface area contributed by atoms with E-state index in [0.29, 0.717) is 6.04 Å². The highest BCUT2D eigenvalue weighted by molar-refractivity contribution is 9.11. The van der Waals surface area contributed by atoms with E-state index in [1.54, 1.807) is 18.4 Å². The summed E-state index contributed by atoms with van der Waals surface area (Å²) in [6.07, 6.45) is 0.656. The molecule has 1 aromatic carbocycles. The Hall–Kier alpha value is -1.09. The molecule has 2 N–H and O–H groups in total. The fourth-order valence-electron chi connectivity index (χ4n) is 3.68. The van der Waals surface area contributed by atoms with Crippen molar-refractivity contribution in [2.75, 3.05) is 19.0 Å². The third kappa shape index (κ3) is 3.41. The van der Waals surface area contributed by atoms with Crippen LogP contribution in [-0.2, 0) is 13.0 Å². The van der Waals surface area contributed by atoms with Crippen LogP contribution in [0.5, 0.6) is 5.75 Å². The van der Waals surface area contributed by atoms with Crippen LogP contribution in [0.15, 0.2) is 21.1 Å². The van der Waals surface area contributed by atoms with Gasteiger partial charge in [0.05, 0.1) is 21.6 Å². The Morgan fingerprint density at radius 2 is 1.96 bits per heavy atom. The summed E-state index contributed by atoms with van der Waals surface area (Å²) in [4.78, 5) is 16.7. The number of ether oxygens (including phenoxy) is 1. The molecule has 0 aliphatic carbocycles. The highest BCUT2D eigenvalue weighted by atomic mass is 79.9. The number of thiophene rings is 1. The maximum absolute atomic E-state index is 12.9. The Bertz CT molecular complexity index is 890. The number of fused-ring (bicyclic) bond motifs is 3. The average molecular weight is 515 g/mol. The Morgan fingerprint density at radius 3 is 2.59 bits per heavy atom. The van der Waals surface area contributed by atoms with Crippen LogP contribution in [0, 0.1) is 0 Å². The van der Waals surface area contributed by atoms with Crippen LogP contribution in [-0.4, -0.2) is 30.5 Å². The molecule has 0 fully saturated rings. The van der Waals surface area contributed by atoms with Crippen molar-refractivity contribution in [2.45, 2.75) is 39.0 Å². The second kappa shape index (κ2) is 7.39. The number of nitrogens with zero attached hydrogens (tertiary/aromatic N) is 1. The largest absolute Gasteiger partial charge is 0.494 e. The minimum Gasteiger partial charge on any atom is -0.494 e. The van der Waals surface area contributed by atoms with Gasteiger partial charge in [-0.1, -0.05) is 0 Å². The van der Waals surface area contributed by atoms with Gasteiger partial charge < -0.3 is 15.4 Å². The Kier molecular flexibility index (Phi) is 5.26. The number of carbonyl (C=O) groups is 1. The molecule has 2 aliphatic rings. The maximum atomic E-state index is 12.9. The zero-order valence-corrected chi connectivity index (χ0v) is 19.3. The Labute approximate surface area is 179 Å². The van der Waals surface area contributed by atoms with Gasteiger partial charge in [0, 0.05) is 24.0 Å². The summed E-state index contributed by atoms with van der Waals surface area (Å²) in [5.41, 5.74) is 3.01. The molecule has 0 bridgehead atoms. The standard InChI is InChI=1S/C19H21Br2N3O2S/c1-9(2)24-5-4-11-14(8-24)27-19-15(11)18(25)22-17(23-19)10-6-12(20)16(26-3)13(21)7-10/h6-7,9,17,23H,4-5,8H2,1-3H3,(H,22,25)/t17-/m1/s1. The zero-order valence-electron chi connectivity index (χ0n) is 15.4. The molecular weight excluding hydrogens is 494 g/mol. The van der Waals surface area contributed by atoms with Crippen molar-refractivity contribution < 1.29 is 9.53 Å². The van der Waals surface area contributed by atoms with E-state index < -0.39 is 0 Å². The minimum atomic E-state index is -0.273. The van der Waals surface area contributed by atoms with Crippen LogP contribution in [0.2, 0.25) is 0 Å². The summed E-state index contributed by atoms with van der Waals surface area (Å²) in [7, 11) is 1.63. The monoisotopic (exact) mass is 513 g/mol. The van der Waals surface area contributed by atoms with Crippen LogP contribution in [0.3, 0.4) is 0 Å². The molecule has 3 heterocycles. The van der Waals surface area contributed by atoms with Crippen LogP contribution in [0.4, 0.5) is 5.00 Å². The molecule has 27 heavy (non-hydrogen) atoms. The van der Waals surface area contributed by atoms with E-state index in [4.69, 9.17) is 4.74 Å². The van der Waals surface area contributed by atoms with Crippen molar-refractivity contribution in [3.63, 3.8) is 0 Å². The highest BCUT2D eigenvalue weighted by Gasteiger charge is 2.34. The van der Waals surface area contributed by atoms with Gasteiger partial charge in [0.2, 0.25) is 0 Å². The quantitative estimate of drug-likeness (QED) is 0.611. The molecule has 0 saturated carbocycles. The lowest BCUT2D eigenvalue weighted by molar-refractivity contribution is 0.0934. The molecule has 0 saturated heterocycles. The number of methoxy groups -OCH3 is 1. The van der Waals surface area contributed by atoms with E-state index in [-0.39, 0.29) is 12.1 Å². The van der Waals surface area contributed by atoms with Gasteiger partial charge in [-0.2, -0.15) is 0 Å². The first kappa shape index (κ1) is 19.2. The molecule has 5 nitrogen and oxygen atoms in total. The number of nitrogens with one attached hydrogen (secondary N) is 2. The van der Waals surface area contributed by atoms with Crippen LogP contribution < -0.4 is 15.4 Å². The lowest BCUT2D eigenvalue weighted by atomic mass is 9.99. The molecule has 1 amide bonds. The fraction of sp³-hybridized carbons (Fsp3) is 0.421. The normalized spacial score (nSPS) is 19.3. The predicted molar refractivity (Wildman–Crippen MR) is 116 cm³/mol. The summed E-state index contributed by atoms with van der Waals surface area (Å²) in [6.45, 7) is 6.37. The number of benzene rings is 1. The molecule has 1 aromatic heterocycles. The van der Waals surface area contributed by atoms with Crippen molar-refractivity contribution in [2.24, 2.45) is 0 Å². The summed E-state index contributed by atoms with van der Waals surface area (Å²) < 4.78 is 7.06. The molecule has 0 spiro atoms. The van der Waals surface area contributed by atoms with Crippen molar-refractivity contribution in [3.05, 3.63) is 42.6 Å². The van der Waals surface area contributed by atoms with Gasteiger partial charge in [-0.05, 0) is 75.4 Å². The second-order valence-electron chi connectivity index (χ2n) is 7.09. The van der Waals surface area contributed by atoms with E-state index in [0.717, 1.165) is 50.3 Å². The Balaban J connectivity index is 1.66. The van der Waals surface area contributed by atoms with E-state index in [9.17, 15) is 4.79 Å². The third-order valence-corrected chi connectivity index (χ3v) is 7.48.